The molecule has 3 aromatic rings. The van der Waals surface area contributed by atoms with Gasteiger partial charge in [-0.1, -0.05) is 24.3 Å². The second kappa shape index (κ2) is 12.9. The smallest absolute Gasteiger partial charge is 0.254 e. The van der Waals surface area contributed by atoms with Crippen molar-refractivity contribution in [3.05, 3.63) is 64.3 Å². The maximum Gasteiger partial charge on any atom is 0.254 e. The van der Waals surface area contributed by atoms with Crippen LogP contribution in [0, 0.1) is 0 Å². The molecule has 2 N–H and O–H groups in total. The molecule has 11 nitrogen and oxygen atoms in total. The summed E-state index contributed by atoms with van der Waals surface area (Å²) in [5.74, 6) is 2.47. The van der Waals surface area contributed by atoms with E-state index in [2.05, 4.69) is 36.5 Å². The summed E-state index contributed by atoms with van der Waals surface area (Å²) in [6, 6.07) is 12.4. The fraction of sp³-hybridized carbons (Fsp3) is 0.333. The number of rotatable bonds is 10. The first-order chi connectivity index (χ1) is 19.4. The highest BCUT2D eigenvalue weighted by Crippen LogP contribution is 2.40. The average molecular weight is 630 g/mol. The van der Waals surface area contributed by atoms with Gasteiger partial charge in [0.1, 0.15) is 11.6 Å². The van der Waals surface area contributed by atoms with Gasteiger partial charge in [-0.15, -0.1) is 4.31 Å². The molecule has 0 saturated carbocycles. The van der Waals surface area contributed by atoms with E-state index >= 15 is 0 Å². The van der Waals surface area contributed by atoms with Crippen LogP contribution in [0.5, 0.6) is 11.5 Å². The Morgan fingerprint density at radius 1 is 1.23 bits per heavy atom. The Morgan fingerprint density at radius 3 is 2.83 bits per heavy atom. The number of fused-ring (bicyclic) bond motifs is 1. The Kier molecular flexibility index (Phi) is 9.04. The highest BCUT2D eigenvalue weighted by molar-refractivity contribution is 9.10. The minimum absolute atomic E-state index is 0.129. The largest absolute Gasteiger partial charge is 0.598 e. The lowest BCUT2D eigenvalue weighted by molar-refractivity contribution is 0.0799. The molecule has 0 aliphatic carbocycles. The maximum absolute atomic E-state index is 13.0. The zero-order chi connectivity index (χ0) is 28.1. The molecule has 1 atom stereocenters. The highest BCUT2D eigenvalue weighted by atomic mass is 79.9. The van der Waals surface area contributed by atoms with Gasteiger partial charge in [-0.3, -0.25) is 9.59 Å². The Morgan fingerprint density at radius 2 is 2.02 bits per heavy atom. The van der Waals surface area contributed by atoms with Crippen LogP contribution in [0.1, 0.15) is 33.6 Å². The molecule has 2 aliphatic rings. The number of aldehydes is 1. The fourth-order valence-corrected chi connectivity index (χ4v) is 6.11. The second-order valence-electron chi connectivity index (χ2n) is 9.36. The molecular weight excluding hydrogens is 600 g/mol. The monoisotopic (exact) mass is 628 g/mol. The number of carbonyl (C=O) groups is 2. The molecule has 0 bridgehead atoms. The number of halogens is 1. The predicted octanol–water partition coefficient (Wildman–Crippen LogP) is 3.84. The van der Waals surface area contributed by atoms with Crippen LogP contribution in [0.4, 0.5) is 17.5 Å². The van der Waals surface area contributed by atoms with Gasteiger partial charge in [-0.2, -0.15) is 4.98 Å². The normalized spacial score (nSPS) is 15.9. The van der Waals surface area contributed by atoms with Crippen molar-refractivity contribution in [3.8, 4) is 11.5 Å². The molecule has 1 saturated heterocycles. The molecule has 1 aromatic heterocycles. The molecule has 0 spiro atoms. The molecule has 40 heavy (non-hydrogen) atoms. The topological polar surface area (TPSA) is 132 Å². The number of nitrogens with one attached hydrogen (secondary N) is 2. The van der Waals surface area contributed by atoms with Crippen LogP contribution in [-0.4, -0.2) is 81.2 Å². The van der Waals surface area contributed by atoms with E-state index in [0.717, 1.165) is 18.5 Å². The van der Waals surface area contributed by atoms with Crippen molar-refractivity contribution in [1.82, 2.24) is 19.2 Å². The van der Waals surface area contributed by atoms with Crippen molar-refractivity contribution in [2.24, 2.45) is 0 Å². The molecule has 5 rings (SSSR count). The van der Waals surface area contributed by atoms with Crippen molar-refractivity contribution in [1.29, 1.82) is 0 Å². The maximum atomic E-state index is 13.0. The SMILES string of the molecule is CN(CC[S+]([O-])N1CCC(Nc2ncc(Br)c(Nc3cccc4c3OCO4)n2)CC1)C(=O)c1ccccc1C=O. The van der Waals surface area contributed by atoms with Gasteiger partial charge in [0.2, 0.25) is 12.7 Å². The molecule has 3 heterocycles. The quantitative estimate of drug-likeness (QED) is 0.252. The van der Waals surface area contributed by atoms with Crippen molar-refractivity contribution >= 4 is 56.9 Å². The van der Waals surface area contributed by atoms with E-state index in [1.54, 1.807) is 37.5 Å². The van der Waals surface area contributed by atoms with Gasteiger partial charge in [0.15, 0.2) is 17.8 Å². The van der Waals surface area contributed by atoms with E-state index in [1.807, 2.05) is 22.5 Å². The van der Waals surface area contributed by atoms with Crippen molar-refractivity contribution in [2.75, 3.05) is 49.9 Å². The second-order valence-corrected chi connectivity index (χ2v) is 11.8. The number of hydrogen-bond donors (Lipinski definition) is 2. The molecule has 2 aliphatic heterocycles. The number of amides is 1. The van der Waals surface area contributed by atoms with Crippen LogP contribution in [-0.2, 0) is 11.4 Å². The van der Waals surface area contributed by atoms with Crippen LogP contribution in [0.3, 0.4) is 0 Å². The first-order valence-corrected chi connectivity index (χ1v) is 14.9. The van der Waals surface area contributed by atoms with Gasteiger partial charge in [-0.25, -0.2) is 4.98 Å². The van der Waals surface area contributed by atoms with Crippen molar-refractivity contribution in [2.45, 2.75) is 18.9 Å². The fourth-order valence-electron chi connectivity index (χ4n) is 4.51. The Balaban J connectivity index is 1.11. The molecule has 1 unspecified atom stereocenters. The highest BCUT2D eigenvalue weighted by Gasteiger charge is 2.28. The van der Waals surface area contributed by atoms with Gasteiger partial charge in [0, 0.05) is 49.3 Å². The predicted molar refractivity (Wildman–Crippen MR) is 156 cm³/mol. The van der Waals surface area contributed by atoms with E-state index in [0.29, 0.717) is 70.5 Å². The van der Waals surface area contributed by atoms with Crippen LogP contribution in [0.15, 0.2) is 53.1 Å². The number of carbonyl (C=O) groups excluding carboxylic acids is 2. The van der Waals surface area contributed by atoms with Crippen LogP contribution in [0.25, 0.3) is 0 Å². The number of aromatic nitrogens is 2. The van der Waals surface area contributed by atoms with E-state index in [1.165, 1.54) is 4.90 Å². The molecule has 1 fully saturated rings. The number of hydrogen-bond acceptors (Lipinski definition) is 10. The number of para-hydroxylation sites is 1. The van der Waals surface area contributed by atoms with Gasteiger partial charge < -0.3 is 29.6 Å². The van der Waals surface area contributed by atoms with Crippen LogP contribution >= 0.6 is 15.9 Å². The van der Waals surface area contributed by atoms with E-state index in [9.17, 15) is 14.1 Å². The third kappa shape index (κ3) is 6.49. The number of anilines is 3. The Bertz CT molecular complexity index is 1370. The summed E-state index contributed by atoms with van der Waals surface area (Å²) < 4.78 is 26.6. The van der Waals surface area contributed by atoms with Gasteiger partial charge >= 0.3 is 0 Å². The van der Waals surface area contributed by atoms with E-state index < -0.39 is 11.4 Å². The molecule has 13 heteroatoms. The lowest BCUT2D eigenvalue weighted by Crippen LogP contribution is -2.45. The van der Waals surface area contributed by atoms with Crippen molar-refractivity contribution < 1.29 is 23.6 Å². The van der Waals surface area contributed by atoms with Crippen LogP contribution in [0.2, 0.25) is 0 Å². The first-order valence-electron chi connectivity index (χ1n) is 12.8. The molecular formula is C27H29BrN6O5S. The van der Waals surface area contributed by atoms with Gasteiger partial charge in [0.25, 0.3) is 5.91 Å². The van der Waals surface area contributed by atoms with Crippen LogP contribution < -0.4 is 20.1 Å². The number of piperidine rings is 1. The average Bonchev–Trinajstić information content (AvgIpc) is 3.47. The molecule has 210 valence electrons. The zero-order valence-corrected chi connectivity index (χ0v) is 24.2. The Hall–Kier alpha value is -3.39. The number of nitrogens with zero attached hydrogens (tertiary/aromatic N) is 4. The summed E-state index contributed by atoms with van der Waals surface area (Å²) in [7, 11) is 1.66. The molecule has 2 aromatic carbocycles. The van der Waals surface area contributed by atoms with Gasteiger partial charge in [0.05, 0.1) is 22.3 Å². The summed E-state index contributed by atoms with van der Waals surface area (Å²) in [6.45, 7) is 1.79. The third-order valence-corrected chi connectivity index (χ3v) is 8.79. The lowest BCUT2D eigenvalue weighted by atomic mass is 10.1. The minimum atomic E-state index is -1.23. The standard InChI is InChI=1S/C27H29BrN6O5S/c1-33(26(36)20-6-3-2-5-18(20)16-35)13-14-40(37)34-11-9-19(10-12-34)30-27-29-15-21(28)25(32-27)31-22-7-4-8-23-24(22)39-17-38-23/h2-8,15-16,19H,9-14,17H2,1H3,(H2,29,30,31,32). The number of benzene rings is 2. The first kappa shape index (κ1) is 28.1. The number of ether oxygens (including phenoxy) is 2. The summed E-state index contributed by atoms with van der Waals surface area (Å²) in [5, 5.41) is 6.68. The van der Waals surface area contributed by atoms with Gasteiger partial charge in [-0.05, 0) is 47.0 Å². The zero-order valence-electron chi connectivity index (χ0n) is 21.8. The third-order valence-electron chi connectivity index (χ3n) is 6.74. The minimum Gasteiger partial charge on any atom is -0.598 e. The summed E-state index contributed by atoms with van der Waals surface area (Å²) in [4.78, 5) is 34.5. The lowest BCUT2D eigenvalue weighted by Gasteiger charge is -2.32. The summed E-state index contributed by atoms with van der Waals surface area (Å²) >= 11 is 2.28. The Labute approximate surface area is 243 Å². The molecule has 1 amide bonds. The summed E-state index contributed by atoms with van der Waals surface area (Å²) in [6.07, 6.45) is 3.90. The molecule has 0 radical (unpaired) electrons. The van der Waals surface area contributed by atoms with Crippen molar-refractivity contribution in [3.63, 3.8) is 0 Å². The summed E-state index contributed by atoms with van der Waals surface area (Å²) in [5.41, 5.74) is 1.44. The van der Waals surface area contributed by atoms with E-state index in [-0.39, 0.29) is 18.7 Å². The van der Waals surface area contributed by atoms with E-state index in [4.69, 9.17) is 9.47 Å².